The lowest BCUT2D eigenvalue weighted by Gasteiger charge is -2.09. The van der Waals surface area contributed by atoms with Gasteiger partial charge >= 0.3 is 6.18 Å². The number of methoxy groups -OCH3 is 1. The summed E-state index contributed by atoms with van der Waals surface area (Å²) in [5, 5.41) is 15.0. The van der Waals surface area contributed by atoms with Crippen LogP contribution in [0.25, 0.3) is 23.0 Å². The highest BCUT2D eigenvalue weighted by Gasteiger charge is 2.31. The standard InChI is InChI=1S/C21H13F3N4O5/c1-31-14-4-6-15(7-5-14)32-18-9-3-13(28(29)30)10-16(18)20-26-19(27-33-20)17-8-2-12(11-25-17)21(22,23)24/h2-11H,1H3. The lowest BCUT2D eigenvalue weighted by molar-refractivity contribution is -0.384. The predicted molar refractivity (Wildman–Crippen MR) is 108 cm³/mol. The smallest absolute Gasteiger partial charge is 0.417 e. The van der Waals surface area contributed by atoms with E-state index in [9.17, 15) is 23.3 Å². The predicted octanol–water partition coefficient (Wildman–Crippen LogP) is 5.53. The molecule has 2 aromatic carbocycles. The number of ether oxygens (including phenoxy) is 2. The van der Waals surface area contributed by atoms with E-state index in [0.717, 1.165) is 12.1 Å². The third kappa shape index (κ3) is 4.74. The Labute approximate surface area is 183 Å². The van der Waals surface area contributed by atoms with Gasteiger partial charge in [0.15, 0.2) is 0 Å². The Bertz CT molecular complexity index is 1290. The zero-order chi connectivity index (χ0) is 23.6. The second kappa shape index (κ2) is 8.57. The molecule has 0 spiro atoms. The number of non-ortho nitro benzene ring substituents is 1. The van der Waals surface area contributed by atoms with Gasteiger partial charge in [-0.1, -0.05) is 5.16 Å². The fourth-order valence-electron chi connectivity index (χ4n) is 2.79. The molecule has 0 fully saturated rings. The van der Waals surface area contributed by atoms with E-state index in [-0.39, 0.29) is 34.4 Å². The van der Waals surface area contributed by atoms with E-state index in [1.165, 1.54) is 25.3 Å². The summed E-state index contributed by atoms with van der Waals surface area (Å²) in [6.45, 7) is 0. The molecule has 2 aromatic heterocycles. The SMILES string of the molecule is COc1ccc(Oc2ccc([N+](=O)[O-])cc2-c2nc(-c3ccc(C(F)(F)F)cn3)no2)cc1. The third-order valence-electron chi connectivity index (χ3n) is 4.44. The van der Waals surface area contributed by atoms with Crippen molar-refractivity contribution in [1.29, 1.82) is 0 Å². The Hall–Kier alpha value is -4.48. The van der Waals surface area contributed by atoms with Gasteiger partial charge < -0.3 is 14.0 Å². The van der Waals surface area contributed by atoms with Gasteiger partial charge in [-0.25, -0.2) is 0 Å². The second-order valence-corrected chi connectivity index (χ2v) is 6.57. The first-order chi connectivity index (χ1) is 15.7. The van der Waals surface area contributed by atoms with Crippen molar-refractivity contribution in [3.63, 3.8) is 0 Å². The maximum absolute atomic E-state index is 12.8. The quantitative estimate of drug-likeness (QED) is 0.274. The molecule has 0 unspecified atom stereocenters. The van der Waals surface area contributed by atoms with Gasteiger partial charge in [-0.3, -0.25) is 15.1 Å². The average Bonchev–Trinajstić information content (AvgIpc) is 3.29. The van der Waals surface area contributed by atoms with Crippen LogP contribution in [0.5, 0.6) is 17.2 Å². The molecule has 0 aliphatic carbocycles. The lowest BCUT2D eigenvalue weighted by Crippen LogP contribution is -2.05. The molecule has 0 N–H and O–H groups in total. The first-order valence-corrected chi connectivity index (χ1v) is 9.22. The van der Waals surface area contributed by atoms with Crippen LogP contribution in [-0.4, -0.2) is 27.2 Å². The molecule has 0 saturated heterocycles. The summed E-state index contributed by atoms with van der Waals surface area (Å²) in [5.74, 6) is 0.966. The molecule has 168 valence electrons. The third-order valence-corrected chi connectivity index (χ3v) is 4.44. The summed E-state index contributed by atoms with van der Waals surface area (Å²) in [7, 11) is 1.52. The van der Waals surface area contributed by atoms with E-state index in [0.29, 0.717) is 17.7 Å². The molecular formula is C21H13F3N4O5. The zero-order valence-corrected chi connectivity index (χ0v) is 16.7. The van der Waals surface area contributed by atoms with Gasteiger partial charge in [0.05, 0.1) is 23.2 Å². The fourth-order valence-corrected chi connectivity index (χ4v) is 2.79. The second-order valence-electron chi connectivity index (χ2n) is 6.57. The van der Waals surface area contributed by atoms with E-state index < -0.39 is 16.7 Å². The van der Waals surface area contributed by atoms with E-state index in [1.54, 1.807) is 24.3 Å². The number of nitro benzene ring substituents is 1. The molecule has 2 heterocycles. The van der Waals surface area contributed by atoms with Crippen LogP contribution in [0.2, 0.25) is 0 Å². The van der Waals surface area contributed by atoms with Crippen LogP contribution in [-0.2, 0) is 6.18 Å². The normalized spacial score (nSPS) is 11.3. The van der Waals surface area contributed by atoms with Crippen molar-refractivity contribution in [2.24, 2.45) is 0 Å². The Morgan fingerprint density at radius 2 is 1.76 bits per heavy atom. The lowest BCUT2D eigenvalue weighted by atomic mass is 10.1. The Kier molecular flexibility index (Phi) is 5.65. The molecule has 4 aromatic rings. The minimum Gasteiger partial charge on any atom is -0.497 e. The number of alkyl halides is 3. The Morgan fingerprint density at radius 1 is 1.03 bits per heavy atom. The van der Waals surface area contributed by atoms with Gasteiger partial charge in [-0.05, 0) is 42.5 Å². The number of hydrogen-bond donors (Lipinski definition) is 0. The molecule has 0 saturated carbocycles. The molecule has 0 aliphatic rings. The van der Waals surface area contributed by atoms with Crippen LogP contribution in [0.1, 0.15) is 5.56 Å². The molecule has 9 nitrogen and oxygen atoms in total. The van der Waals surface area contributed by atoms with Crippen LogP contribution in [0.4, 0.5) is 18.9 Å². The molecule has 0 radical (unpaired) electrons. The van der Waals surface area contributed by atoms with E-state index >= 15 is 0 Å². The number of aromatic nitrogens is 3. The summed E-state index contributed by atoms with van der Waals surface area (Å²) in [5.41, 5.74) is -1.03. The molecule has 0 aliphatic heterocycles. The Morgan fingerprint density at radius 3 is 2.36 bits per heavy atom. The molecule has 12 heteroatoms. The number of nitro groups is 1. The molecule has 0 atom stereocenters. The van der Waals surface area contributed by atoms with E-state index in [2.05, 4.69) is 15.1 Å². The highest BCUT2D eigenvalue weighted by atomic mass is 19.4. The topological polar surface area (TPSA) is 113 Å². The minimum absolute atomic E-state index is 0.0288. The molecule has 0 amide bonds. The molecule has 0 bridgehead atoms. The van der Waals surface area contributed by atoms with Gasteiger partial charge in [0.1, 0.15) is 22.9 Å². The van der Waals surface area contributed by atoms with Crippen molar-refractivity contribution in [1.82, 2.24) is 15.1 Å². The molecule has 4 rings (SSSR count). The molecule has 33 heavy (non-hydrogen) atoms. The number of halogens is 3. The summed E-state index contributed by atoms with van der Waals surface area (Å²) in [4.78, 5) is 18.5. The highest BCUT2D eigenvalue weighted by Crippen LogP contribution is 2.36. The fraction of sp³-hybridized carbons (Fsp3) is 0.0952. The number of hydrogen-bond acceptors (Lipinski definition) is 8. The van der Waals surface area contributed by atoms with Crippen molar-refractivity contribution in [3.8, 4) is 40.2 Å². The van der Waals surface area contributed by atoms with Crippen LogP contribution in [0, 0.1) is 10.1 Å². The molecular weight excluding hydrogens is 445 g/mol. The van der Waals surface area contributed by atoms with E-state index in [1.807, 2.05) is 0 Å². The van der Waals surface area contributed by atoms with Gasteiger partial charge in [0.2, 0.25) is 5.82 Å². The largest absolute Gasteiger partial charge is 0.497 e. The minimum atomic E-state index is -4.54. The van der Waals surface area contributed by atoms with Gasteiger partial charge in [-0.15, -0.1) is 0 Å². The maximum Gasteiger partial charge on any atom is 0.417 e. The van der Waals surface area contributed by atoms with Crippen LogP contribution in [0.3, 0.4) is 0 Å². The Balaban J connectivity index is 1.69. The first-order valence-electron chi connectivity index (χ1n) is 9.22. The van der Waals surface area contributed by atoms with Crippen molar-refractivity contribution < 1.29 is 32.1 Å². The van der Waals surface area contributed by atoms with Crippen LogP contribution >= 0.6 is 0 Å². The number of rotatable bonds is 6. The van der Waals surface area contributed by atoms with Crippen molar-refractivity contribution in [3.05, 3.63) is 76.5 Å². The van der Waals surface area contributed by atoms with Crippen molar-refractivity contribution in [2.75, 3.05) is 7.11 Å². The van der Waals surface area contributed by atoms with Crippen LogP contribution in [0.15, 0.2) is 65.3 Å². The average molecular weight is 458 g/mol. The summed E-state index contributed by atoms with van der Waals surface area (Å²) in [6, 6.07) is 12.3. The van der Waals surface area contributed by atoms with Crippen molar-refractivity contribution in [2.45, 2.75) is 6.18 Å². The summed E-state index contributed by atoms with van der Waals surface area (Å²) >= 11 is 0. The first kappa shape index (κ1) is 21.7. The van der Waals surface area contributed by atoms with Crippen molar-refractivity contribution >= 4 is 5.69 Å². The number of nitrogens with zero attached hydrogens (tertiary/aromatic N) is 4. The summed E-state index contributed by atoms with van der Waals surface area (Å²) < 4.78 is 54.4. The monoisotopic (exact) mass is 458 g/mol. The van der Waals surface area contributed by atoms with Crippen LogP contribution < -0.4 is 9.47 Å². The number of benzene rings is 2. The van der Waals surface area contributed by atoms with Gasteiger partial charge in [0.25, 0.3) is 11.6 Å². The zero-order valence-electron chi connectivity index (χ0n) is 16.7. The maximum atomic E-state index is 12.8. The van der Waals surface area contributed by atoms with E-state index in [4.69, 9.17) is 14.0 Å². The van der Waals surface area contributed by atoms with Gasteiger partial charge in [0, 0.05) is 18.3 Å². The summed E-state index contributed by atoms with van der Waals surface area (Å²) in [6.07, 6.45) is -3.89. The van der Waals surface area contributed by atoms with Gasteiger partial charge in [-0.2, -0.15) is 18.2 Å². The highest BCUT2D eigenvalue weighted by molar-refractivity contribution is 5.68. The number of pyridine rings is 1.